The lowest BCUT2D eigenvalue weighted by Gasteiger charge is -2.16. The second kappa shape index (κ2) is 7.53. The van der Waals surface area contributed by atoms with Gasteiger partial charge in [0.2, 0.25) is 5.91 Å². The molecule has 0 bridgehead atoms. The summed E-state index contributed by atoms with van der Waals surface area (Å²) >= 11 is 0. The first-order chi connectivity index (χ1) is 9.04. The number of rotatable bonds is 7. The van der Waals surface area contributed by atoms with Crippen molar-refractivity contribution in [2.75, 3.05) is 0 Å². The molecule has 1 unspecified atom stereocenters. The fraction of sp³-hybridized carbons (Fsp3) is 0.429. The van der Waals surface area contributed by atoms with Crippen molar-refractivity contribution in [1.29, 1.82) is 0 Å². The highest BCUT2D eigenvalue weighted by Crippen LogP contribution is 2.04. The summed E-state index contributed by atoms with van der Waals surface area (Å²) in [5, 5.41) is 11.3. The number of benzene rings is 1. The normalized spacial score (nSPS) is 13.6. The van der Waals surface area contributed by atoms with Crippen LogP contribution in [0.3, 0.4) is 0 Å². The Morgan fingerprint density at radius 3 is 2.47 bits per heavy atom. The zero-order valence-electron chi connectivity index (χ0n) is 11.0. The number of hydrogen-bond donors (Lipinski definition) is 3. The summed E-state index contributed by atoms with van der Waals surface area (Å²) in [6.45, 7) is 1.70. The summed E-state index contributed by atoms with van der Waals surface area (Å²) in [4.78, 5) is 22.6. The quantitative estimate of drug-likeness (QED) is 0.683. The number of carbonyl (C=O) groups is 2. The van der Waals surface area contributed by atoms with Crippen LogP contribution < -0.4 is 11.1 Å². The molecule has 0 fully saturated rings. The molecule has 0 spiro atoms. The molecule has 0 aromatic heterocycles. The van der Waals surface area contributed by atoms with Crippen molar-refractivity contribution < 1.29 is 14.7 Å². The van der Waals surface area contributed by atoms with Crippen molar-refractivity contribution in [1.82, 2.24) is 5.32 Å². The first-order valence-electron chi connectivity index (χ1n) is 6.37. The van der Waals surface area contributed by atoms with Crippen LogP contribution in [0.4, 0.5) is 0 Å². The van der Waals surface area contributed by atoms with Crippen LogP contribution in [-0.2, 0) is 16.0 Å². The van der Waals surface area contributed by atoms with Gasteiger partial charge >= 0.3 is 5.97 Å². The Hall–Kier alpha value is -1.88. The average Bonchev–Trinajstić information content (AvgIpc) is 2.42. The average molecular weight is 264 g/mol. The Morgan fingerprint density at radius 1 is 1.32 bits per heavy atom. The lowest BCUT2D eigenvalue weighted by molar-refractivity contribution is -0.142. The fourth-order valence-corrected chi connectivity index (χ4v) is 1.72. The van der Waals surface area contributed by atoms with Gasteiger partial charge in [0.15, 0.2) is 0 Å². The fourth-order valence-electron chi connectivity index (χ4n) is 1.72. The molecule has 0 heterocycles. The third-order valence-electron chi connectivity index (χ3n) is 2.95. The summed E-state index contributed by atoms with van der Waals surface area (Å²) in [7, 11) is 0. The van der Waals surface area contributed by atoms with Gasteiger partial charge in [-0.2, -0.15) is 0 Å². The van der Waals surface area contributed by atoms with Crippen molar-refractivity contribution in [3.8, 4) is 0 Å². The van der Waals surface area contributed by atoms with E-state index in [9.17, 15) is 9.59 Å². The SMILES string of the molecule is CC[C@@H](NC(=O)C(N)CCc1ccccc1)C(=O)O. The number of nitrogens with two attached hydrogens (primary N) is 1. The van der Waals surface area contributed by atoms with Gasteiger partial charge in [-0.15, -0.1) is 0 Å². The predicted molar refractivity (Wildman–Crippen MR) is 72.6 cm³/mol. The second-order valence-electron chi connectivity index (χ2n) is 4.44. The third-order valence-corrected chi connectivity index (χ3v) is 2.95. The highest BCUT2D eigenvalue weighted by atomic mass is 16.4. The Labute approximate surface area is 112 Å². The largest absolute Gasteiger partial charge is 0.480 e. The summed E-state index contributed by atoms with van der Waals surface area (Å²) in [6.07, 6.45) is 1.53. The van der Waals surface area contributed by atoms with Gasteiger partial charge < -0.3 is 16.2 Å². The molecular weight excluding hydrogens is 244 g/mol. The molecule has 0 saturated heterocycles. The Bertz CT molecular complexity index is 420. The van der Waals surface area contributed by atoms with Gasteiger partial charge in [0.05, 0.1) is 6.04 Å². The van der Waals surface area contributed by atoms with Crippen LogP contribution in [0, 0.1) is 0 Å². The number of nitrogens with one attached hydrogen (secondary N) is 1. The van der Waals surface area contributed by atoms with E-state index in [0.29, 0.717) is 19.3 Å². The molecule has 2 atom stereocenters. The summed E-state index contributed by atoms with van der Waals surface area (Å²) in [5.41, 5.74) is 6.87. The lowest BCUT2D eigenvalue weighted by Crippen LogP contribution is -2.48. The van der Waals surface area contributed by atoms with E-state index in [0.717, 1.165) is 5.56 Å². The number of aliphatic carboxylic acids is 1. The second-order valence-corrected chi connectivity index (χ2v) is 4.44. The molecular formula is C14H20N2O3. The van der Waals surface area contributed by atoms with E-state index in [2.05, 4.69) is 5.32 Å². The molecule has 0 aliphatic heterocycles. The van der Waals surface area contributed by atoms with Crippen molar-refractivity contribution in [2.45, 2.75) is 38.3 Å². The first-order valence-corrected chi connectivity index (χ1v) is 6.37. The minimum Gasteiger partial charge on any atom is -0.480 e. The lowest BCUT2D eigenvalue weighted by atomic mass is 10.0. The topological polar surface area (TPSA) is 92.4 Å². The smallest absolute Gasteiger partial charge is 0.326 e. The number of amides is 1. The van der Waals surface area contributed by atoms with Crippen LogP contribution in [0.15, 0.2) is 30.3 Å². The summed E-state index contributed by atoms with van der Waals surface area (Å²) < 4.78 is 0. The molecule has 4 N–H and O–H groups in total. The van der Waals surface area contributed by atoms with E-state index >= 15 is 0 Å². The Kier molecular flexibility index (Phi) is 6.02. The van der Waals surface area contributed by atoms with E-state index < -0.39 is 24.0 Å². The maximum absolute atomic E-state index is 11.7. The molecule has 104 valence electrons. The predicted octanol–water partition coefficient (Wildman–Crippen LogP) is 0.926. The highest BCUT2D eigenvalue weighted by Gasteiger charge is 2.21. The monoisotopic (exact) mass is 264 g/mol. The standard InChI is InChI=1S/C14H20N2O3/c1-2-12(14(18)19)16-13(17)11(15)9-8-10-6-4-3-5-7-10/h3-7,11-12H,2,8-9,15H2,1H3,(H,16,17)(H,18,19)/t11?,12-/m1/s1. The number of hydrogen-bond acceptors (Lipinski definition) is 3. The molecule has 0 radical (unpaired) electrons. The van der Waals surface area contributed by atoms with Crippen molar-refractivity contribution >= 4 is 11.9 Å². The van der Waals surface area contributed by atoms with Crippen LogP contribution in [0.2, 0.25) is 0 Å². The van der Waals surface area contributed by atoms with E-state index in [1.807, 2.05) is 30.3 Å². The number of carboxylic acids is 1. The molecule has 0 saturated carbocycles. The van der Waals surface area contributed by atoms with Gasteiger partial charge in [-0.1, -0.05) is 37.3 Å². The van der Waals surface area contributed by atoms with E-state index in [1.165, 1.54) is 0 Å². The van der Waals surface area contributed by atoms with Gasteiger partial charge in [-0.05, 0) is 24.8 Å². The zero-order chi connectivity index (χ0) is 14.3. The minimum absolute atomic E-state index is 0.340. The van der Waals surface area contributed by atoms with Crippen LogP contribution in [0.1, 0.15) is 25.3 Å². The van der Waals surface area contributed by atoms with Crippen molar-refractivity contribution in [2.24, 2.45) is 5.73 Å². The van der Waals surface area contributed by atoms with Crippen LogP contribution >= 0.6 is 0 Å². The van der Waals surface area contributed by atoms with Gasteiger partial charge in [-0.25, -0.2) is 4.79 Å². The maximum atomic E-state index is 11.7. The molecule has 19 heavy (non-hydrogen) atoms. The van der Waals surface area contributed by atoms with Crippen LogP contribution in [-0.4, -0.2) is 29.1 Å². The maximum Gasteiger partial charge on any atom is 0.326 e. The van der Waals surface area contributed by atoms with Gasteiger partial charge in [0.25, 0.3) is 0 Å². The molecule has 1 amide bonds. The minimum atomic E-state index is -1.04. The summed E-state index contributed by atoms with van der Waals surface area (Å²) in [5.74, 6) is -1.45. The molecule has 0 aliphatic carbocycles. The van der Waals surface area contributed by atoms with Gasteiger partial charge in [0, 0.05) is 0 Å². The van der Waals surface area contributed by atoms with E-state index in [-0.39, 0.29) is 0 Å². The molecule has 5 nitrogen and oxygen atoms in total. The molecule has 0 aliphatic rings. The number of carboxylic acid groups (broad SMARTS) is 1. The van der Waals surface area contributed by atoms with Gasteiger partial charge in [0.1, 0.15) is 6.04 Å². The number of aryl methyl sites for hydroxylation is 1. The number of carbonyl (C=O) groups excluding carboxylic acids is 1. The zero-order valence-corrected chi connectivity index (χ0v) is 11.0. The Balaban J connectivity index is 2.42. The third kappa shape index (κ3) is 5.09. The van der Waals surface area contributed by atoms with Gasteiger partial charge in [-0.3, -0.25) is 4.79 Å². The molecule has 1 aromatic rings. The van der Waals surface area contributed by atoms with Crippen LogP contribution in [0.5, 0.6) is 0 Å². The summed E-state index contributed by atoms with van der Waals surface area (Å²) in [6, 6.07) is 8.17. The molecule has 1 aromatic carbocycles. The molecule has 5 heteroatoms. The van der Waals surface area contributed by atoms with Crippen molar-refractivity contribution in [3.63, 3.8) is 0 Å². The van der Waals surface area contributed by atoms with Crippen molar-refractivity contribution in [3.05, 3.63) is 35.9 Å². The Morgan fingerprint density at radius 2 is 1.95 bits per heavy atom. The molecule has 1 rings (SSSR count). The van der Waals surface area contributed by atoms with E-state index in [4.69, 9.17) is 10.8 Å². The first kappa shape index (κ1) is 15.2. The highest BCUT2D eigenvalue weighted by molar-refractivity contribution is 5.86. The van der Waals surface area contributed by atoms with Crippen LogP contribution in [0.25, 0.3) is 0 Å². The van der Waals surface area contributed by atoms with E-state index in [1.54, 1.807) is 6.92 Å².